The van der Waals surface area contributed by atoms with Crippen LogP contribution in [0.15, 0.2) is 12.1 Å². The Kier molecular flexibility index (Phi) is 6.00. The molecule has 1 heterocycles. The number of ether oxygens (including phenoxy) is 1. The zero-order chi connectivity index (χ0) is 13.0. The summed E-state index contributed by atoms with van der Waals surface area (Å²) in [6.07, 6.45) is 2.00. The summed E-state index contributed by atoms with van der Waals surface area (Å²) in [7, 11) is 0. The van der Waals surface area contributed by atoms with Gasteiger partial charge in [-0.15, -0.1) is 12.4 Å². The third-order valence-corrected chi connectivity index (χ3v) is 3.07. The molecule has 0 unspecified atom stereocenters. The average Bonchev–Trinajstić information content (AvgIpc) is 2.37. The maximum atomic E-state index is 13.3. The lowest BCUT2D eigenvalue weighted by Crippen LogP contribution is -2.30. The first kappa shape index (κ1) is 15.7. The number of nitrogens with one attached hydrogen (secondary N) is 1. The zero-order valence-electron chi connectivity index (χ0n) is 10.3. The Hall–Kier alpha value is -1.38. The maximum Gasteiger partial charge on any atom is 0.147 e. The van der Waals surface area contributed by atoms with Gasteiger partial charge in [-0.05, 0) is 31.8 Å². The van der Waals surface area contributed by atoms with Crippen molar-refractivity contribution in [2.75, 3.05) is 19.7 Å². The van der Waals surface area contributed by atoms with Gasteiger partial charge in [-0.1, -0.05) is 0 Å². The van der Waals surface area contributed by atoms with E-state index in [0.29, 0.717) is 12.5 Å². The molecule has 0 aliphatic carbocycles. The summed E-state index contributed by atoms with van der Waals surface area (Å²) in [5, 5.41) is 11.8. The maximum absolute atomic E-state index is 13.3. The third kappa shape index (κ3) is 4.05. The summed E-state index contributed by atoms with van der Waals surface area (Å²) >= 11 is 0. The van der Waals surface area contributed by atoms with Crippen LogP contribution in [0.3, 0.4) is 0 Å². The SMILES string of the molecule is Cl.N#Cc1c(F)cc(OCC2CCNCC2)cc1F. The molecule has 1 fully saturated rings. The van der Waals surface area contributed by atoms with Gasteiger partial charge in [0.2, 0.25) is 0 Å². The van der Waals surface area contributed by atoms with E-state index in [4.69, 9.17) is 10.00 Å². The smallest absolute Gasteiger partial charge is 0.147 e. The molecule has 0 atom stereocenters. The van der Waals surface area contributed by atoms with Crippen LogP contribution in [0.5, 0.6) is 5.75 Å². The normalized spacial score (nSPS) is 15.4. The fraction of sp³-hybridized carbons (Fsp3) is 0.462. The molecule has 0 aromatic heterocycles. The molecule has 0 amide bonds. The van der Waals surface area contributed by atoms with Gasteiger partial charge in [-0.25, -0.2) is 8.78 Å². The van der Waals surface area contributed by atoms with Crippen LogP contribution in [0.4, 0.5) is 8.78 Å². The van der Waals surface area contributed by atoms with Crippen molar-refractivity contribution in [1.29, 1.82) is 5.26 Å². The highest BCUT2D eigenvalue weighted by Crippen LogP contribution is 2.21. The Balaban J connectivity index is 0.00000180. The van der Waals surface area contributed by atoms with Crippen molar-refractivity contribution in [2.24, 2.45) is 5.92 Å². The van der Waals surface area contributed by atoms with Crippen LogP contribution in [-0.4, -0.2) is 19.7 Å². The fourth-order valence-corrected chi connectivity index (χ4v) is 2.00. The minimum absolute atomic E-state index is 0. The fourth-order valence-electron chi connectivity index (χ4n) is 2.00. The van der Waals surface area contributed by atoms with Gasteiger partial charge in [0.15, 0.2) is 0 Å². The van der Waals surface area contributed by atoms with Crippen molar-refractivity contribution in [2.45, 2.75) is 12.8 Å². The van der Waals surface area contributed by atoms with E-state index in [0.717, 1.165) is 38.1 Å². The van der Waals surface area contributed by atoms with Gasteiger partial charge in [0.25, 0.3) is 0 Å². The summed E-state index contributed by atoms with van der Waals surface area (Å²) in [6.45, 7) is 2.35. The molecule has 0 saturated carbocycles. The lowest BCUT2D eigenvalue weighted by molar-refractivity contribution is 0.214. The van der Waals surface area contributed by atoms with E-state index in [9.17, 15) is 8.78 Å². The van der Waals surface area contributed by atoms with E-state index in [1.807, 2.05) is 0 Å². The second-order valence-corrected chi connectivity index (χ2v) is 4.38. The van der Waals surface area contributed by atoms with Crippen molar-refractivity contribution in [3.63, 3.8) is 0 Å². The quantitative estimate of drug-likeness (QED) is 0.930. The zero-order valence-corrected chi connectivity index (χ0v) is 11.1. The highest BCUT2D eigenvalue weighted by Gasteiger charge is 2.15. The van der Waals surface area contributed by atoms with Crippen LogP contribution in [0.2, 0.25) is 0 Å². The monoisotopic (exact) mass is 288 g/mol. The molecule has 1 aromatic carbocycles. The summed E-state index contributed by atoms with van der Waals surface area (Å²) in [6, 6.07) is 3.60. The highest BCUT2D eigenvalue weighted by atomic mass is 35.5. The number of hydrogen-bond acceptors (Lipinski definition) is 3. The minimum Gasteiger partial charge on any atom is -0.493 e. The summed E-state index contributed by atoms with van der Waals surface area (Å²) < 4.78 is 32.0. The van der Waals surface area contributed by atoms with Crippen LogP contribution in [0.25, 0.3) is 0 Å². The first-order valence-corrected chi connectivity index (χ1v) is 5.93. The van der Waals surface area contributed by atoms with Gasteiger partial charge in [-0.2, -0.15) is 5.26 Å². The molecule has 1 aliphatic heterocycles. The molecule has 1 N–H and O–H groups in total. The number of benzene rings is 1. The Morgan fingerprint density at radius 1 is 1.26 bits per heavy atom. The molecule has 2 rings (SSSR count). The molecule has 0 radical (unpaired) electrons. The topological polar surface area (TPSA) is 45.0 Å². The number of hydrogen-bond donors (Lipinski definition) is 1. The predicted molar refractivity (Wildman–Crippen MR) is 69.4 cm³/mol. The van der Waals surface area contributed by atoms with E-state index in [-0.39, 0.29) is 18.2 Å². The van der Waals surface area contributed by atoms with Crippen molar-refractivity contribution in [3.8, 4) is 11.8 Å². The van der Waals surface area contributed by atoms with Crippen LogP contribution in [0.1, 0.15) is 18.4 Å². The molecular weight excluding hydrogens is 274 g/mol. The molecule has 0 spiro atoms. The van der Waals surface area contributed by atoms with Crippen LogP contribution in [-0.2, 0) is 0 Å². The van der Waals surface area contributed by atoms with Gasteiger partial charge in [0, 0.05) is 12.1 Å². The Labute approximate surface area is 117 Å². The van der Waals surface area contributed by atoms with Gasteiger partial charge in [0.05, 0.1) is 6.61 Å². The second-order valence-electron chi connectivity index (χ2n) is 4.38. The number of halogens is 3. The highest BCUT2D eigenvalue weighted by molar-refractivity contribution is 5.85. The molecule has 1 aliphatic rings. The first-order valence-electron chi connectivity index (χ1n) is 5.93. The van der Waals surface area contributed by atoms with E-state index in [1.165, 1.54) is 6.07 Å². The van der Waals surface area contributed by atoms with Crippen molar-refractivity contribution < 1.29 is 13.5 Å². The Morgan fingerprint density at radius 2 is 1.84 bits per heavy atom. The minimum atomic E-state index is -0.877. The summed E-state index contributed by atoms with van der Waals surface area (Å²) in [5.41, 5.74) is -0.566. The number of nitrogens with zero attached hydrogens (tertiary/aromatic N) is 1. The second kappa shape index (κ2) is 7.27. The van der Waals surface area contributed by atoms with Crippen molar-refractivity contribution in [1.82, 2.24) is 5.32 Å². The first-order chi connectivity index (χ1) is 8.70. The molecule has 104 valence electrons. The largest absolute Gasteiger partial charge is 0.493 e. The number of rotatable bonds is 3. The molecule has 0 bridgehead atoms. The molecule has 1 aromatic rings. The van der Waals surface area contributed by atoms with Gasteiger partial charge in [0.1, 0.15) is 29.0 Å². The standard InChI is InChI=1S/C13H14F2N2O.ClH/c14-12-5-10(6-13(15)11(12)7-16)18-8-9-1-3-17-4-2-9;/h5-6,9,17H,1-4,8H2;1H. The van der Waals surface area contributed by atoms with Gasteiger partial charge in [-0.3, -0.25) is 0 Å². The van der Waals surface area contributed by atoms with E-state index in [2.05, 4.69) is 5.32 Å². The Morgan fingerprint density at radius 3 is 2.37 bits per heavy atom. The van der Waals surface area contributed by atoms with E-state index >= 15 is 0 Å². The molecular formula is C13H15ClF2N2O. The molecule has 3 nitrogen and oxygen atoms in total. The number of piperidine rings is 1. The lowest BCUT2D eigenvalue weighted by Gasteiger charge is -2.22. The molecule has 1 saturated heterocycles. The summed E-state index contributed by atoms with van der Waals surface area (Å²) in [4.78, 5) is 0. The van der Waals surface area contributed by atoms with Crippen LogP contribution >= 0.6 is 12.4 Å². The van der Waals surface area contributed by atoms with E-state index in [1.54, 1.807) is 0 Å². The van der Waals surface area contributed by atoms with Crippen LogP contribution < -0.4 is 10.1 Å². The van der Waals surface area contributed by atoms with Crippen molar-refractivity contribution in [3.05, 3.63) is 29.3 Å². The average molecular weight is 289 g/mol. The molecule has 6 heteroatoms. The predicted octanol–water partition coefficient (Wildman–Crippen LogP) is 2.64. The summed E-state index contributed by atoms with van der Waals surface area (Å²) in [5.74, 6) is -1.20. The van der Waals surface area contributed by atoms with E-state index < -0.39 is 17.2 Å². The van der Waals surface area contributed by atoms with Crippen LogP contribution in [0, 0.1) is 28.9 Å². The third-order valence-electron chi connectivity index (χ3n) is 3.07. The molecule has 19 heavy (non-hydrogen) atoms. The lowest BCUT2D eigenvalue weighted by atomic mass is 9.99. The Bertz CT molecular complexity index is 447. The van der Waals surface area contributed by atoms with Crippen molar-refractivity contribution >= 4 is 12.4 Å². The van der Waals surface area contributed by atoms with Gasteiger partial charge >= 0.3 is 0 Å². The number of nitriles is 1. The van der Waals surface area contributed by atoms with Gasteiger partial charge < -0.3 is 10.1 Å².